The van der Waals surface area contributed by atoms with Crippen LogP contribution in [0.3, 0.4) is 0 Å². The van der Waals surface area contributed by atoms with Crippen LogP contribution in [0.2, 0.25) is 0 Å². The molecule has 14 heavy (non-hydrogen) atoms. The maximum Gasteiger partial charge on any atom is 0.142 e. The molecular formula is C11H15N3. The SMILES string of the molecule is CCc1cncn2cc(C(C)C)nc12. The summed E-state index contributed by atoms with van der Waals surface area (Å²) in [6.07, 6.45) is 6.75. The van der Waals surface area contributed by atoms with Crippen LogP contribution < -0.4 is 0 Å². The van der Waals surface area contributed by atoms with Crippen LogP contribution in [0.4, 0.5) is 0 Å². The minimum atomic E-state index is 0.472. The molecule has 0 saturated heterocycles. The summed E-state index contributed by atoms with van der Waals surface area (Å²) < 4.78 is 2.01. The lowest BCUT2D eigenvalue weighted by Gasteiger charge is -1.97. The van der Waals surface area contributed by atoms with E-state index in [1.807, 2.05) is 16.9 Å². The Balaban J connectivity index is 2.64. The average molecular weight is 189 g/mol. The van der Waals surface area contributed by atoms with E-state index in [-0.39, 0.29) is 0 Å². The Bertz CT molecular complexity index is 443. The predicted molar refractivity (Wildman–Crippen MR) is 56.5 cm³/mol. The summed E-state index contributed by atoms with van der Waals surface area (Å²) in [6, 6.07) is 0. The summed E-state index contributed by atoms with van der Waals surface area (Å²) in [5.41, 5.74) is 3.39. The Kier molecular flexibility index (Phi) is 2.23. The van der Waals surface area contributed by atoms with Crippen molar-refractivity contribution in [1.82, 2.24) is 14.4 Å². The lowest BCUT2D eigenvalue weighted by atomic mass is 10.2. The van der Waals surface area contributed by atoms with E-state index in [1.54, 1.807) is 0 Å². The number of hydrogen-bond acceptors (Lipinski definition) is 2. The number of aryl methyl sites for hydroxylation is 1. The third-order valence-electron chi connectivity index (χ3n) is 2.43. The van der Waals surface area contributed by atoms with Crippen molar-refractivity contribution in [2.24, 2.45) is 0 Å². The van der Waals surface area contributed by atoms with Crippen LogP contribution in [0, 0.1) is 0 Å². The van der Waals surface area contributed by atoms with Crippen LogP contribution in [-0.2, 0) is 6.42 Å². The van der Waals surface area contributed by atoms with Crippen molar-refractivity contribution in [2.45, 2.75) is 33.1 Å². The fourth-order valence-corrected chi connectivity index (χ4v) is 1.52. The van der Waals surface area contributed by atoms with Crippen molar-refractivity contribution in [3.8, 4) is 0 Å². The average Bonchev–Trinajstić information content (AvgIpc) is 2.60. The van der Waals surface area contributed by atoms with Gasteiger partial charge in [0.15, 0.2) is 0 Å². The summed E-state index contributed by atoms with van der Waals surface area (Å²) in [6.45, 7) is 6.43. The predicted octanol–water partition coefficient (Wildman–Crippen LogP) is 2.42. The molecule has 0 spiro atoms. The molecule has 0 amide bonds. The van der Waals surface area contributed by atoms with Gasteiger partial charge in [-0.3, -0.25) is 4.40 Å². The summed E-state index contributed by atoms with van der Waals surface area (Å²) in [5.74, 6) is 0.472. The largest absolute Gasteiger partial charge is 0.290 e. The fraction of sp³-hybridized carbons (Fsp3) is 0.455. The molecule has 0 aromatic carbocycles. The Morgan fingerprint density at radius 1 is 1.43 bits per heavy atom. The highest BCUT2D eigenvalue weighted by Crippen LogP contribution is 2.16. The molecule has 74 valence electrons. The molecule has 0 aliphatic heterocycles. The number of fused-ring (bicyclic) bond motifs is 1. The van der Waals surface area contributed by atoms with Crippen LogP contribution in [0.5, 0.6) is 0 Å². The van der Waals surface area contributed by atoms with Gasteiger partial charge in [0.25, 0.3) is 0 Å². The second kappa shape index (κ2) is 3.40. The highest BCUT2D eigenvalue weighted by Gasteiger charge is 2.07. The van der Waals surface area contributed by atoms with Gasteiger partial charge in [0.1, 0.15) is 12.0 Å². The van der Waals surface area contributed by atoms with Gasteiger partial charge in [-0.2, -0.15) is 0 Å². The summed E-state index contributed by atoms with van der Waals surface area (Å²) in [4.78, 5) is 8.79. The number of hydrogen-bond donors (Lipinski definition) is 0. The van der Waals surface area contributed by atoms with Gasteiger partial charge in [0.05, 0.1) is 5.69 Å². The topological polar surface area (TPSA) is 30.2 Å². The molecule has 2 aromatic heterocycles. The molecule has 0 N–H and O–H groups in total. The zero-order chi connectivity index (χ0) is 10.1. The van der Waals surface area contributed by atoms with Crippen LogP contribution in [0.15, 0.2) is 18.7 Å². The van der Waals surface area contributed by atoms with Gasteiger partial charge in [-0.1, -0.05) is 20.8 Å². The standard InChI is InChI=1S/C11H15N3/c1-4-9-5-12-7-14-6-10(8(2)3)13-11(9)14/h5-8H,4H2,1-3H3. The highest BCUT2D eigenvalue weighted by molar-refractivity contribution is 5.47. The van der Waals surface area contributed by atoms with Gasteiger partial charge in [-0.25, -0.2) is 9.97 Å². The van der Waals surface area contributed by atoms with E-state index < -0.39 is 0 Å². The van der Waals surface area contributed by atoms with E-state index >= 15 is 0 Å². The fourth-order valence-electron chi connectivity index (χ4n) is 1.52. The molecule has 0 aliphatic rings. The van der Waals surface area contributed by atoms with Gasteiger partial charge < -0.3 is 0 Å². The molecule has 0 atom stereocenters. The molecule has 0 aliphatic carbocycles. The zero-order valence-electron chi connectivity index (χ0n) is 8.86. The van der Waals surface area contributed by atoms with E-state index in [0.717, 1.165) is 17.8 Å². The number of nitrogens with zero attached hydrogens (tertiary/aromatic N) is 3. The lowest BCUT2D eigenvalue weighted by Crippen LogP contribution is -1.91. The van der Waals surface area contributed by atoms with E-state index in [0.29, 0.717) is 5.92 Å². The Labute approximate surface area is 83.8 Å². The van der Waals surface area contributed by atoms with Crippen molar-refractivity contribution >= 4 is 5.65 Å². The molecule has 0 bridgehead atoms. The molecular weight excluding hydrogens is 174 g/mol. The Morgan fingerprint density at radius 3 is 2.86 bits per heavy atom. The first-order valence-electron chi connectivity index (χ1n) is 5.04. The van der Waals surface area contributed by atoms with Crippen molar-refractivity contribution < 1.29 is 0 Å². The second-order valence-corrected chi connectivity index (χ2v) is 3.82. The molecule has 3 heteroatoms. The van der Waals surface area contributed by atoms with Crippen LogP contribution in [0.25, 0.3) is 5.65 Å². The quantitative estimate of drug-likeness (QED) is 0.726. The van der Waals surface area contributed by atoms with Gasteiger partial charge in [0, 0.05) is 18.0 Å². The van der Waals surface area contributed by atoms with Crippen molar-refractivity contribution in [3.05, 3.63) is 30.0 Å². The summed E-state index contributed by atoms with van der Waals surface area (Å²) >= 11 is 0. The molecule has 0 saturated carbocycles. The van der Waals surface area contributed by atoms with Crippen LogP contribution in [0.1, 0.15) is 37.9 Å². The molecule has 2 heterocycles. The molecule has 0 radical (unpaired) electrons. The van der Waals surface area contributed by atoms with Crippen molar-refractivity contribution in [2.75, 3.05) is 0 Å². The first-order valence-corrected chi connectivity index (χ1v) is 5.04. The van der Waals surface area contributed by atoms with E-state index in [4.69, 9.17) is 0 Å². The number of aromatic nitrogens is 3. The van der Waals surface area contributed by atoms with Gasteiger partial charge >= 0.3 is 0 Å². The molecule has 3 nitrogen and oxygen atoms in total. The van der Waals surface area contributed by atoms with Gasteiger partial charge in [-0.15, -0.1) is 0 Å². The van der Waals surface area contributed by atoms with Crippen molar-refractivity contribution in [3.63, 3.8) is 0 Å². The van der Waals surface area contributed by atoms with E-state index in [9.17, 15) is 0 Å². The third-order valence-corrected chi connectivity index (χ3v) is 2.43. The first-order chi connectivity index (χ1) is 6.72. The monoisotopic (exact) mass is 189 g/mol. The van der Waals surface area contributed by atoms with Gasteiger partial charge in [0.2, 0.25) is 0 Å². The maximum atomic E-state index is 4.61. The Hall–Kier alpha value is -1.38. The van der Waals surface area contributed by atoms with Crippen LogP contribution >= 0.6 is 0 Å². The summed E-state index contributed by atoms with van der Waals surface area (Å²) in [5, 5.41) is 0. The zero-order valence-corrected chi connectivity index (χ0v) is 8.86. The Morgan fingerprint density at radius 2 is 2.21 bits per heavy atom. The lowest BCUT2D eigenvalue weighted by molar-refractivity contribution is 0.833. The van der Waals surface area contributed by atoms with Crippen molar-refractivity contribution in [1.29, 1.82) is 0 Å². The number of rotatable bonds is 2. The molecule has 0 unspecified atom stereocenters. The van der Waals surface area contributed by atoms with Crippen LogP contribution in [-0.4, -0.2) is 14.4 Å². The number of imidazole rings is 1. The minimum Gasteiger partial charge on any atom is -0.290 e. The summed E-state index contributed by atoms with van der Waals surface area (Å²) in [7, 11) is 0. The van der Waals surface area contributed by atoms with E-state index in [2.05, 4.69) is 36.9 Å². The smallest absolute Gasteiger partial charge is 0.142 e. The molecule has 2 aromatic rings. The highest BCUT2D eigenvalue weighted by atomic mass is 15.0. The maximum absolute atomic E-state index is 4.61. The van der Waals surface area contributed by atoms with E-state index in [1.165, 1.54) is 5.56 Å². The normalized spacial score (nSPS) is 11.4. The third kappa shape index (κ3) is 1.39. The molecule has 0 fully saturated rings. The molecule has 2 rings (SSSR count). The second-order valence-electron chi connectivity index (χ2n) is 3.82. The van der Waals surface area contributed by atoms with Gasteiger partial charge in [-0.05, 0) is 12.3 Å². The minimum absolute atomic E-state index is 0.472. The first kappa shape index (κ1) is 9.19.